The largest absolute Gasteiger partial charge is 0.408 e. The predicted molar refractivity (Wildman–Crippen MR) is 72.6 cm³/mol. The summed E-state index contributed by atoms with van der Waals surface area (Å²) in [5.41, 5.74) is 0.143. The van der Waals surface area contributed by atoms with Gasteiger partial charge in [0.05, 0.1) is 0 Å². The molecular weight excluding hydrogens is 311 g/mol. The Kier molecular flexibility index (Phi) is 3.64. The topological polar surface area (TPSA) is 19.4 Å². The van der Waals surface area contributed by atoms with E-state index in [0.29, 0.717) is 13.1 Å². The molecule has 3 rings (SSSR count). The van der Waals surface area contributed by atoms with Crippen LogP contribution < -0.4 is 0 Å². The Morgan fingerprint density at radius 3 is 2.45 bits per heavy atom. The average molecular weight is 324 g/mol. The van der Waals surface area contributed by atoms with Gasteiger partial charge in [-0.2, -0.15) is 13.2 Å². The number of aromatic nitrogens is 1. The first-order valence-electron chi connectivity index (χ1n) is 6.25. The van der Waals surface area contributed by atoms with Gasteiger partial charge in [-0.3, -0.25) is 9.21 Å². The van der Waals surface area contributed by atoms with Gasteiger partial charge in [0.15, 0.2) is 0 Å². The Balaban J connectivity index is 1.90. The number of likely N-dealkylation sites (tertiary alicyclic amines) is 1. The van der Waals surface area contributed by atoms with Crippen LogP contribution in [0, 0.1) is 0 Å². The minimum absolute atomic E-state index is 0.103. The van der Waals surface area contributed by atoms with Crippen molar-refractivity contribution < 1.29 is 13.2 Å². The van der Waals surface area contributed by atoms with Crippen molar-refractivity contribution in [2.45, 2.75) is 30.7 Å². The van der Waals surface area contributed by atoms with Gasteiger partial charge in [-0.25, -0.2) is 4.98 Å². The zero-order valence-corrected chi connectivity index (χ0v) is 12.0. The van der Waals surface area contributed by atoms with Crippen LogP contribution in [0.2, 0.25) is 5.15 Å². The zero-order valence-electron chi connectivity index (χ0n) is 10.4. The van der Waals surface area contributed by atoms with E-state index >= 15 is 0 Å². The second-order valence-corrected chi connectivity index (χ2v) is 6.17. The van der Waals surface area contributed by atoms with Gasteiger partial charge >= 0.3 is 6.18 Å². The van der Waals surface area contributed by atoms with Crippen molar-refractivity contribution in [2.75, 3.05) is 13.1 Å². The maximum atomic E-state index is 13.4. The Morgan fingerprint density at radius 1 is 1.30 bits per heavy atom. The summed E-state index contributed by atoms with van der Waals surface area (Å²) in [6, 6.07) is 0.982. The smallest absolute Gasteiger partial charge is 0.280 e. The van der Waals surface area contributed by atoms with Gasteiger partial charge in [0.25, 0.3) is 0 Å². The van der Waals surface area contributed by atoms with Crippen molar-refractivity contribution in [3.8, 4) is 0 Å². The van der Waals surface area contributed by atoms with Crippen LogP contribution in [-0.2, 0) is 0 Å². The van der Waals surface area contributed by atoms with Crippen molar-refractivity contribution in [3.63, 3.8) is 0 Å². The van der Waals surface area contributed by atoms with Crippen LogP contribution in [0.25, 0.3) is 0 Å². The van der Waals surface area contributed by atoms with Gasteiger partial charge in [-0.1, -0.05) is 30.5 Å². The predicted octanol–water partition coefficient (Wildman–Crippen LogP) is 2.94. The Bertz CT molecular complexity index is 484. The molecule has 0 amide bonds. The summed E-state index contributed by atoms with van der Waals surface area (Å²) >= 11 is 9.88. The van der Waals surface area contributed by atoms with Gasteiger partial charge in [0.1, 0.15) is 11.2 Å². The molecule has 1 aromatic heterocycles. The first-order valence-corrected chi connectivity index (χ1v) is 7.03. The van der Waals surface area contributed by atoms with Crippen molar-refractivity contribution in [3.05, 3.63) is 29.0 Å². The Hall–Kier alpha value is -0.500. The number of rotatable bonds is 2. The van der Waals surface area contributed by atoms with E-state index in [1.165, 1.54) is 23.2 Å². The highest BCUT2D eigenvalue weighted by Crippen LogP contribution is 2.47. The van der Waals surface area contributed by atoms with E-state index in [0.717, 1.165) is 6.42 Å². The highest BCUT2D eigenvalue weighted by atomic mass is 35.5. The molecule has 2 saturated heterocycles. The Morgan fingerprint density at radius 2 is 1.95 bits per heavy atom. The molecule has 8 heteroatoms. The average Bonchev–Trinajstić information content (AvgIpc) is 2.35. The molecule has 110 valence electrons. The summed E-state index contributed by atoms with van der Waals surface area (Å²) in [7, 11) is 0. The molecular formula is C12H13ClF3N3S. The first-order chi connectivity index (χ1) is 9.36. The monoisotopic (exact) mass is 323 g/mol. The number of alkyl halides is 3. The second-order valence-electron chi connectivity index (χ2n) is 5.22. The SMILES string of the molecule is FC(F)(F)C(c1ccc(Cl)nc1)N1C2CC1CN(S)C2. The number of piperidine rings is 1. The molecule has 0 radical (unpaired) electrons. The van der Waals surface area contributed by atoms with Crippen LogP contribution in [0.3, 0.4) is 0 Å². The molecule has 0 saturated carbocycles. The lowest BCUT2D eigenvalue weighted by molar-refractivity contribution is -0.227. The molecule has 3 nitrogen and oxygen atoms in total. The summed E-state index contributed by atoms with van der Waals surface area (Å²) < 4.78 is 42.1. The van der Waals surface area contributed by atoms with Crippen LogP contribution in [0.4, 0.5) is 13.2 Å². The van der Waals surface area contributed by atoms with E-state index < -0.39 is 12.2 Å². The van der Waals surface area contributed by atoms with E-state index in [2.05, 4.69) is 17.8 Å². The lowest BCUT2D eigenvalue weighted by Gasteiger charge is -2.58. The number of fused-ring (bicyclic) bond motifs is 2. The highest BCUT2D eigenvalue weighted by Gasteiger charge is 2.55. The molecule has 0 spiro atoms. The van der Waals surface area contributed by atoms with Gasteiger partial charge < -0.3 is 0 Å². The fraction of sp³-hybridized carbons (Fsp3) is 0.583. The van der Waals surface area contributed by atoms with Crippen molar-refractivity contribution in [1.82, 2.24) is 14.2 Å². The second kappa shape index (κ2) is 5.05. The third-order valence-electron chi connectivity index (χ3n) is 3.90. The number of nitrogens with zero attached hydrogens (tertiary/aromatic N) is 3. The number of hydrogen-bond acceptors (Lipinski definition) is 4. The summed E-state index contributed by atoms with van der Waals surface area (Å²) in [4.78, 5) is 5.32. The molecule has 0 aromatic carbocycles. The van der Waals surface area contributed by atoms with Crippen LogP contribution in [-0.4, -0.2) is 45.5 Å². The summed E-state index contributed by atoms with van der Waals surface area (Å²) in [5, 5.41) is 0.194. The molecule has 0 aliphatic carbocycles. The molecule has 0 N–H and O–H groups in total. The normalized spacial score (nSPS) is 29.1. The summed E-state index contributed by atoms with van der Waals surface area (Å²) in [6.07, 6.45) is -2.32. The fourth-order valence-electron chi connectivity index (χ4n) is 3.12. The number of thiol groups is 1. The van der Waals surface area contributed by atoms with Crippen molar-refractivity contribution in [2.24, 2.45) is 0 Å². The lowest BCUT2D eigenvalue weighted by atomic mass is 9.85. The standard InChI is InChI=1S/C12H13ClF3N3S/c13-10-2-1-7(4-17-10)11(12(14,15)16)19-8-3-9(19)6-18(20)5-8/h1-2,4,8-9,11,20H,3,5-6H2. The van der Waals surface area contributed by atoms with E-state index in [-0.39, 0.29) is 22.8 Å². The molecule has 2 aliphatic rings. The maximum Gasteiger partial charge on any atom is 0.408 e. The van der Waals surface area contributed by atoms with Gasteiger partial charge in [0, 0.05) is 31.4 Å². The van der Waals surface area contributed by atoms with Gasteiger partial charge in [0.2, 0.25) is 0 Å². The molecule has 1 aromatic rings. The van der Waals surface area contributed by atoms with Crippen molar-refractivity contribution in [1.29, 1.82) is 0 Å². The highest BCUT2D eigenvalue weighted by molar-refractivity contribution is 7.77. The van der Waals surface area contributed by atoms with E-state index in [1.807, 2.05) is 0 Å². The van der Waals surface area contributed by atoms with Crippen LogP contribution in [0.1, 0.15) is 18.0 Å². The van der Waals surface area contributed by atoms with Crippen molar-refractivity contribution >= 4 is 24.4 Å². The summed E-state index contributed by atoms with van der Waals surface area (Å²) in [6.45, 7) is 1.10. The van der Waals surface area contributed by atoms with Gasteiger partial charge in [-0.05, 0) is 18.1 Å². The van der Waals surface area contributed by atoms with Gasteiger partial charge in [-0.15, -0.1) is 0 Å². The molecule has 2 fully saturated rings. The fourth-order valence-corrected chi connectivity index (χ4v) is 3.61. The number of pyridine rings is 1. The molecule has 3 unspecified atom stereocenters. The maximum absolute atomic E-state index is 13.4. The third-order valence-corrected chi connectivity index (χ3v) is 4.45. The van der Waals surface area contributed by atoms with Crippen LogP contribution >= 0.6 is 24.4 Å². The molecule has 3 atom stereocenters. The van der Waals surface area contributed by atoms with E-state index in [9.17, 15) is 13.2 Å². The number of halogens is 4. The Labute approximate surface area is 125 Å². The van der Waals surface area contributed by atoms with Crippen LogP contribution in [0.5, 0.6) is 0 Å². The minimum atomic E-state index is -4.33. The summed E-state index contributed by atoms with van der Waals surface area (Å²) in [5.74, 6) is 0. The van der Waals surface area contributed by atoms with E-state index in [1.54, 1.807) is 4.31 Å². The van der Waals surface area contributed by atoms with Crippen LogP contribution in [0.15, 0.2) is 18.3 Å². The minimum Gasteiger partial charge on any atom is -0.280 e. The quantitative estimate of drug-likeness (QED) is 0.667. The molecule has 2 aliphatic heterocycles. The molecule has 2 bridgehead atoms. The molecule has 20 heavy (non-hydrogen) atoms. The third kappa shape index (κ3) is 2.52. The molecule has 3 heterocycles. The zero-order chi connectivity index (χ0) is 14.5. The van der Waals surface area contributed by atoms with E-state index in [4.69, 9.17) is 11.6 Å². The number of hydrogen-bond donors (Lipinski definition) is 1. The first kappa shape index (κ1) is 14.4. The lowest BCUT2D eigenvalue weighted by Crippen LogP contribution is -2.69. The number of piperazine rings is 1.